The second-order valence-electron chi connectivity index (χ2n) is 3.80. The van der Waals surface area contributed by atoms with Gasteiger partial charge in [0.2, 0.25) is 0 Å². The molecule has 0 radical (unpaired) electrons. The Labute approximate surface area is 95.0 Å². The topological polar surface area (TPSA) is 61.8 Å². The Balaban J connectivity index is 2.27. The molecule has 0 N–H and O–H groups in total. The molecule has 1 heterocycles. The first-order chi connectivity index (χ1) is 7.69. The largest absolute Gasteiger partial charge is 0.468 e. The van der Waals surface area contributed by atoms with Gasteiger partial charge in [-0.15, -0.1) is 0 Å². The third kappa shape index (κ3) is 3.48. The molecule has 0 aromatic rings. The van der Waals surface area contributed by atoms with Crippen LogP contribution in [0.15, 0.2) is 0 Å². The van der Waals surface area contributed by atoms with Crippen LogP contribution in [-0.2, 0) is 23.8 Å². The summed E-state index contributed by atoms with van der Waals surface area (Å²) in [6.45, 7) is 3.10. The summed E-state index contributed by atoms with van der Waals surface area (Å²) < 4.78 is 14.9. The lowest BCUT2D eigenvalue weighted by Gasteiger charge is -2.08. The quantitative estimate of drug-likeness (QED) is 0.385. The van der Waals surface area contributed by atoms with Gasteiger partial charge in [0.15, 0.2) is 5.92 Å². The normalized spacial score (nSPS) is 24.2. The smallest absolute Gasteiger partial charge is 0.320 e. The first kappa shape index (κ1) is 13.0. The van der Waals surface area contributed by atoms with Crippen LogP contribution in [0.3, 0.4) is 0 Å². The van der Waals surface area contributed by atoms with Crippen LogP contribution < -0.4 is 0 Å². The predicted octanol–water partition coefficient (Wildman–Crippen LogP) is 0.908. The van der Waals surface area contributed by atoms with Crippen molar-refractivity contribution >= 4 is 11.9 Å². The molecule has 1 fully saturated rings. The summed E-state index contributed by atoms with van der Waals surface area (Å²) in [5, 5.41) is 0. The van der Waals surface area contributed by atoms with Gasteiger partial charge < -0.3 is 14.2 Å². The van der Waals surface area contributed by atoms with Crippen LogP contribution in [0.1, 0.15) is 26.2 Å². The highest BCUT2D eigenvalue weighted by atomic mass is 16.6. The van der Waals surface area contributed by atoms with Crippen LogP contribution in [0.25, 0.3) is 0 Å². The lowest BCUT2D eigenvalue weighted by Crippen LogP contribution is -2.20. The van der Waals surface area contributed by atoms with E-state index < -0.39 is 17.9 Å². The number of hydrogen-bond donors (Lipinski definition) is 0. The summed E-state index contributed by atoms with van der Waals surface area (Å²) in [7, 11) is 1.26. The molecule has 0 bridgehead atoms. The first-order valence-electron chi connectivity index (χ1n) is 5.55. The highest BCUT2D eigenvalue weighted by Crippen LogP contribution is 2.22. The predicted molar refractivity (Wildman–Crippen MR) is 55.7 cm³/mol. The Kier molecular flexibility index (Phi) is 5.25. The van der Waals surface area contributed by atoms with E-state index >= 15 is 0 Å². The molecule has 0 aromatic heterocycles. The minimum absolute atomic E-state index is 0.312. The molecule has 5 nitrogen and oxygen atoms in total. The number of methoxy groups -OCH3 is 1. The SMILES string of the molecule is CCCCOCC1CC(C(=O)OC)C(=O)O1. The highest BCUT2D eigenvalue weighted by molar-refractivity contribution is 5.96. The fourth-order valence-corrected chi connectivity index (χ4v) is 1.55. The summed E-state index contributed by atoms with van der Waals surface area (Å²) in [4.78, 5) is 22.5. The number of unbranched alkanes of at least 4 members (excludes halogenated alkanes) is 1. The van der Waals surface area contributed by atoms with Crippen molar-refractivity contribution in [3.8, 4) is 0 Å². The number of ether oxygens (including phenoxy) is 3. The molecule has 2 unspecified atom stereocenters. The van der Waals surface area contributed by atoms with Crippen LogP contribution in [-0.4, -0.2) is 38.4 Å². The zero-order chi connectivity index (χ0) is 12.0. The lowest BCUT2D eigenvalue weighted by atomic mass is 10.1. The molecule has 1 saturated heterocycles. The van der Waals surface area contributed by atoms with Crippen molar-refractivity contribution in [1.82, 2.24) is 0 Å². The van der Waals surface area contributed by atoms with E-state index in [1.54, 1.807) is 0 Å². The van der Waals surface area contributed by atoms with Gasteiger partial charge in [0.25, 0.3) is 0 Å². The van der Waals surface area contributed by atoms with E-state index in [2.05, 4.69) is 11.7 Å². The van der Waals surface area contributed by atoms with E-state index in [0.29, 0.717) is 19.6 Å². The van der Waals surface area contributed by atoms with Gasteiger partial charge in [0.1, 0.15) is 6.10 Å². The molecular weight excluding hydrogens is 212 g/mol. The minimum Gasteiger partial charge on any atom is -0.468 e. The van der Waals surface area contributed by atoms with Crippen LogP contribution in [0.4, 0.5) is 0 Å². The molecule has 0 amide bonds. The Morgan fingerprint density at radius 3 is 2.94 bits per heavy atom. The van der Waals surface area contributed by atoms with Crippen molar-refractivity contribution in [3.05, 3.63) is 0 Å². The molecule has 5 heteroatoms. The van der Waals surface area contributed by atoms with Gasteiger partial charge in [-0.25, -0.2) is 0 Å². The molecule has 92 valence electrons. The molecular formula is C11H18O5. The van der Waals surface area contributed by atoms with Crippen LogP contribution in [0.5, 0.6) is 0 Å². The second-order valence-corrected chi connectivity index (χ2v) is 3.80. The summed E-state index contributed by atoms with van der Waals surface area (Å²) in [5.41, 5.74) is 0. The van der Waals surface area contributed by atoms with Crippen molar-refractivity contribution in [1.29, 1.82) is 0 Å². The Morgan fingerprint density at radius 1 is 1.56 bits per heavy atom. The van der Waals surface area contributed by atoms with Gasteiger partial charge in [0, 0.05) is 13.0 Å². The average molecular weight is 230 g/mol. The number of rotatable bonds is 6. The van der Waals surface area contributed by atoms with Gasteiger partial charge in [-0.1, -0.05) is 13.3 Å². The number of cyclic esters (lactones) is 1. The number of esters is 2. The maximum atomic E-state index is 11.3. The molecule has 2 atom stereocenters. The van der Waals surface area contributed by atoms with Gasteiger partial charge in [-0.2, -0.15) is 0 Å². The van der Waals surface area contributed by atoms with Crippen molar-refractivity contribution in [3.63, 3.8) is 0 Å². The monoisotopic (exact) mass is 230 g/mol. The molecule has 1 aliphatic rings. The van der Waals surface area contributed by atoms with E-state index in [-0.39, 0.29) is 6.10 Å². The van der Waals surface area contributed by atoms with E-state index in [1.165, 1.54) is 7.11 Å². The van der Waals surface area contributed by atoms with E-state index in [9.17, 15) is 9.59 Å². The third-order valence-corrected chi connectivity index (χ3v) is 2.50. The fraction of sp³-hybridized carbons (Fsp3) is 0.818. The van der Waals surface area contributed by atoms with Crippen molar-refractivity contribution in [2.24, 2.45) is 5.92 Å². The zero-order valence-electron chi connectivity index (χ0n) is 9.73. The van der Waals surface area contributed by atoms with Crippen molar-refractivity contribution in [2.75, 3.05) is 20.3 Å². The van der Waals surface area contributed by atoms with Gasteiger partial charge in [0.05, 0.1) is 13.7 Å². The second kappa shape index (κ2) is 6.48. The summed E-state index contributed by atoms with van der Waals surface area (Å²) in [6, 6.07) is 0. The molecule has 0 saturated carbocycles. The summed E-state index contributed by atoms with van der Waals surface area (Å²) in [6.07, 6.45) is 2.10. The maximum absolute atomic E-state index is 11.3. The standard InChI is InChI=1S/C11H18O5/c1-3-4-5-15-7-8-6-9(10(12)14-2)11(13)16-8/h8-9H,3-7H2,1-2H3. The molecule has 0 spiro atoms. The fourth-order valence-electron chi connectivity index (χ4n) is 1.55. The Bertz CT molecular complexity index is 251. The highest BCUT2D eigenvalue weighted by Gasteiger charge is 2.40. The van der Waals surface area contributed by atoms with Gasteiger partial charge in [-0.3, -0.25) is 9.59 Å². The molecule has 0 aliphatic carbocycles. The van der Waals surface area contributed by atoms with Gasteiger partial charge in [-0.05, 0) is 6.42 Å². The Morgan fingerprint density at radius 2 is 2.31 bits per heavy atom. The molecule has 0 aromatic carbocycles. The number of carbonyl (C=O) groups is 2. The summed E-state index contributed by atoms with van der Waals surface area (Å²) in [5.74, 6) is -1.80. The lowest BCUT2D eigenvalue weighted by molar-refractivity contribution is -0.155. The van der Waals surface area contributed by atoms with Crippen LogP contribution in [0, 0.1) is 5.92 Å². The minimum atomic E-state index is -0.773. The Hall–Kier alpha value is -1.10. The van der Waals surface area contributed by atoms with E-state index in [1.807, 2.05) is 0 Å². The number of hydrogen-bond acceptors (Lipinski definition) is 5. The zero-order valence-corrected chi connectivity index (χ0v) is 9.73. The van der Waals surface area contributed by atoms with Gasteiger partial charge >= 0.3 is 11.9 Å². The number of carbonyl (C=O) groups excluding carboxylic acids is 2. The van der Waals surface area contributed by atoms with E-state index in [0.717, 1.165) is 12.8 Å². The average Bonchev–Trinajstić information content (AvgIpc) is 2.65. The molecule has 16 heavy (non-hydrogen) atoms. The van der Waals surface area contributed by atoms with Crippen LogP contribution in [0.2, 0.25) is 0 Å². The van der Waals surface area contributed by atoms with Crippen LogP contribution >= 0.6 is 0 Å². The van der Waals surface area contributed by atoms with E-state index in [4.69, 9.17) is 9.47 Å². The van der Waals surface area contributed by atoms with Crippen molar-refractivity contribution in [2.45, 2.75) is 32.3 Å². The maximum Gasteiger partial charge on any atom is 0.320 e. The summed E-state index contributed by atoms with van der Waals surface area (Å²) >= 11 is 0. The molecule has 1 rings (SSSR count). The first-order valence-corrected chi connectivity index (χ1v) is 5.55. The molecule has 1 aliphatic heterocycles. The van der Waals surface area contributed by atoms with Crippen molar-refractivity contribution < 1.29 is 23.8 Å². The third-order valence-electron chi connectivity index (χ3n) is 2.50.